The monoisotopic (exact) mass is 267 g/mol. The van der Waals surface area contributed by atoms with Gasteiger partial charge in [-0.05, 0) is 6.42 Å². The molecule has 0 bridgehead atoms. The molecule has 1 atom stereocenters. The van der Waals surface area contributed by atoms with Gasteiger partial charge in [-0.3, -0.25) is 9.59 Å². The Morgan fingerprint density at radius 2 is 2.26 bits per heavy atom. The third kappa shape index (κ3) is 2.90. The molecule has 1 unspecified atom stereocenters. The lowest BCUT2D eigenvalue weighted by atomic mass is 10.2. The smallest absolute Gasteiger partial charge is 0.374 e. The summed E-state index contributed by atoms with van der Waals surface area (Å²) in [6.45, 7) is 2.29. The van der Waals surface area contributed by atoms with E-state index in [1.165, 1.54) is 11.8 Å². The number of carbonyl (C=O) groups is 3. The van der Waals surface area contributed by atoms with Crippen LogP contribution in [-0.2, 0) is 4.79 Å². The van der Waals surface area contributed by atoms with E-state index in [9.17, 15) is 14.4 Å². The molecule has 0 radical (unpaired) electrons. The van der Waals surface area contributed by atoms with Gasteiger partial charge in [0.05, 0.1) is 0 Å². The van der Waals surface area contributed by atoms with Gasteiger partial charge in [0.15, 0.2) is 5.69 Å². The lowest BCUT2D eigenvalue weighted by molar-refractivity contribution is -0.119. The van der Waals surface area contributed by atoms with Crippen LogP contribution in [0.5, 0.6) is 0 Å². The quantitative estimate of drug-likeness (QED) is 0.779. The van der Waals surface area contributed by atoms with E-state index in [4.69, 9.17) is 5.11 Å². The van der Waals surface area contributed by atoms with Gasteiger partial charge < -0.3 is 19.8 Å². The summed E-state index contributed by atoms with van der Waals surface area (Å²) in [4.78, 5) is 35.1. The van der Waals surface area contributed by atoms with Gasteiger partial charge in [-0.25, -0.2) is 4.79 Å². The summed E-state index contributed by atoms with van der Waals surface area (Å²) >= 11 is 0. The number of carbonyl (C=O) groups excluding carboxylic acids is 2. The van der Waals surface area contributed by atoms with E-state index in [0.29, 0.717) is 19.5 Å². The first kappa shape index (κ1) is 13.1. The molecular formula is C11H13N3O5. The fourth-order valence-electron chi connectivity index (χ4n) is 1.99. The van der Waals surface area contributed by atoms with Gasteiger partial charge in [-0.2, -0.15) is 0 Å². The number of carboxylic acid groups (broad SMARTS) is 1. The van der Waals surface area contributed by atoms with Gasteiger partial charge in [0.2, 0.25) is 11.7 Å². The molecule has 2 N–H and O–H groups in total. The maximum atomic E-state index is 12.0. The average molecular weight is 267 g/mol. The Bertz CT molecular complexity index is 524. The Labute approximate surface area is 108 Å². The molecule has 1 aliphatic rings. The van der Waals surface area contributed by atoms with Gasteiger partial charge >= 0.3 is 5.97 Å². The van der Waals surface area contributed by atoms with E-state index >= 15 is 0 Å². The van der Waals surface area contributed by atoms with Crippen molar-refractivity contribution in [1.82, 2.24) is 15.4 Å². The number of aromatic nitrogens is 1. The first-order valence-corrected chi connectivity index (χ1v) is 5.73. The minimum absolute atomic E-state index is 0.0409. The second-order valence-electron chi connectivity index (χ2n) is 4.32. The fourth-order valence-corrected chi connectivity index (χ4v) is 1.99. The number of hydrogen-bond donors (Lipinski definition) is 2. The molecule has 2 heterocycles. The Hall–Kier alpha value is -2.38. The van der Waals surface area contributed by atoms with E-state index in [0.717, 1.165) is 6.07 Å². The first-order valence-electron chi connectivity index (χ1n) is 5.73. The topological polar surface area (TPSA) is 113 Å². The maximum Gasteiger partial charge on any atom is 0.374 e. The van der Waals surface area contributed by atoms with Crippen molar-refractivity contribution < 1.29 is 24.0 Å². The standard InChI is InChI=1S/C11H13N3O5/c1-6(15)12-7-2-3-14(5-7)10(16)8-4-9(11(17)18)19-13-8/h4,7H,2-3,5H2,1H3,(H,12,15)(H,17,18). The summed E-state index contributed by atoms with van der Waals surface area (Å²) in [6.07, 6.45) is 0.662. The summed E-state index contributed by atoms with van der Waals surface area (Å²) in [5, 5.41) is 14.8. The Morgan fingerprint density at radius 3 is 2.84 bits per heavy atom. The lowest BCUT2D eigenvalue weighted by Gasteiger charge is -2.14. The zero-order valence-electron chi connectivity index (χ0n) is 10.3. The number of aromatic carboxylic acids is 1. The zero-order valence-corrected chi connectivity index (χ0v) is 10.3. The molecule has 0 saturated carbocycles. The summed E-state index contributed by atoms with van der Waals surface area (Å²) < 4.78 is 4.53. The average Bonchev–Trinajstić information content (AvgIpc) is 2.95. The molecule has 1 aliphatic heterocycles. The molecule has 0 spiro atoms. The summed E-state index contributed by atoms with van der Waals surface area (Å²) in [6, 6.07) is 1.02. The fraction of sp³-hybridized carbons (Fsp3) is 0.455. The predicted octanol–water partition coefficient (Wildman–Crippen LogP) is -0.277. The van der Waals surface area contributed by atoms with Gasteiger partial charge in [0, 0.05) is 32.1 Å². The molecule has 2 rings (SSSR count). The summed E-state index contributed by atoms with van der Waals surface area (Å²) in [5.74, 6) is -2.19. The Kier molecular flexibility index (Phi) is 3.50. The van der Waals surface area contributed by atoms with Crippen molar-refractivity contribution in [3.8, 4) is 0 Å². The number of likely N-dealkylation sites (tertiary alicyclic amines) is 1. The second-order valence-corrected chi connectivity index (χ2v) is 4.32. The minimum Gasteiger partial charge on any atom is -0.475 e. The van der Waals surface area contributed by atoms with Crippen molar-refractivity contribution in [1.29, 1.82) is 0 Å². The highest BCUT2D eigenvalue weighted by Gasteiger charge is 2.29. The first-order chi connectivity index (χ1) is 8.97. The number of amides is 2. The molecule has 0 aromatic carbocycles. The van der Waals surface area contributed by atoms with Crippen molar-refractivity contribution in [2.75, 3.05) is 13.1 Å². The summed E-state index contributed by atoms with van der Waals surface area (Å²) in [5.41, 5.74) is -0.0409. The van der Waals surface area contributed by atoms with Crippen LogP contribution in [0.1, 0.15) is 34.4 Å². The molecule has 2 amide bonds. The van der Waals surface area contributed by atoms with Crippen LogP contribution in [-0.4, -0.2) is 52.1 Å². The highest BCUT2D eigenvalue weighted by Crippen LogP contribution is 2.14. The van der Waals surface area contributed by atoms with Gasteiger partial charge in [0.25, 0.3) is 5.91 Å². The van der Waals surface area contributed by atoms with Crippen LogP contribution >= 0.6 is 0 Å². The summed E-state index contributed by atoms with van der Waals surface area (Å²) in [7, 11) is 0. The number of carboxylic acids is 1. The highest BCUT2D eigenvalue weighted by molar-refractivity contribution is 5.95. The minimum atomic E-state index is -1.27. The van der Waals surface area contributed by atoms with E-state index in [1.54, 1.807) is 0 Å². The molecular weight excluding hydrogens is 254 g/mol. The lowest BCUT2D eigenvalue weighted by Crippen LogP contribution is -2.37. The molecule has 1 aromatic rings. The molecule has 8 nitrogen and oxygen atoms in total. The van der Waals surface area contributed by atoms with Gasteiger partial charge in [-0.1, -0.05) is 5.16 Å². The Balaban J connectivity index is 2.00. The largest absolute Gasteiger partial charge is 0.475 e. The van der Waals surface area contributed by atoms with E-state index in [1.807, 2.05) is 0 Å². The number of nitrogens with zero attached hydrogens (tertiary/aromatic N) is 2. The van der Waals surface area contributed by atoms with Crippen molar-refractivity contribution in [2.45, 2.75) is 19.4 Å². The van der Waals surface area contributed by atoms with Crippen LogP contribution in [0.15, 0.2) is 10.6 Å². The molecule has 102 valence electrons. The van der Waals surface area contributed by atoms with Crippen LogP contribution in [0.25, 0.3) is 0 Å². The van der Waals surface area contributed by atoms with Crippen molar-refractivity contribution in [3.05, 3.63) is 17.5 Å². The third-order valence-corrected chi connectivity index (χ3v) is 2.82. The molecule has 0 aliphatic carbocycles. The molecule has 19 heavy (non-hydrogen) atoms. The predicted molar refractivity (Wildman–Crippen MR) is 61.6 cm³/mol. The van der Waals surface area contributed by atoms with E-state index in [2.05, 4.69) is 15.0 Å². The molecule has 1 aromatic heterocycles. The molecule has 1 fully saturated rings. The van der Waals surface area contributed by atoms with Crippen molar-refractivity contribution in [3.63, 3.8) is 0 Å². The van der Waals surface area contributed by atoms with Crippen LogP contribution in [0, 0.1) is 0 Å². The Morgan fingerprint density at radius 1 is 1.53 bits per heavy atom. The van der Waals surface area contributed by atoms with Gasteiger partial charge in [-0.15, -0.1) is 0 Å². The molecule has 8 heteroatoms. The SMILES string of the molecule is CC(=O)NC1CCN(C(=O)c2cc(C(=O)O)on2)C1. The maximum absolute atomic E-state index is 12.0. The third-order valence-electron chi connectivity index (χ3n) is 2.82. The number of hydrogen-bond acceptors (Lipinski definition) is 5. The van der Waals surface area contributed by atoms with Gasteiger partial charge in [0.1, 0.15) is 0 Å². The molecule has 1 saturated heterocycles. The van der Waals surface area contributed by atoms with Crippen molar-refractivity contribution in [2.24, 2.45) is 0 Å². The van der Waals surface area contributed by atoms with Crippen LogP contribution in [0.2, 0.25) is 0 Å². The van der Waals surface area contributed by atoms with Crippen LogP contribution in [0.4, 0.5) is 0 Å². The normalized spacial score (nSPS) is 18.4. The van der Waals surface area contributed by atoms with Crippen molar-refractivity contribution >= 4 is 17.8 Å². The second kappa shape index (κ2) is 5.09. The van der Waals surface area contributed by atoms with Crippen LogP contribution in [0.3, 0.4) is 0 Å². The zero-order chi connectivity index (χ0) is 14.0. The van der Waals surface area contributed by atoms with E-state index < -0.39 is 11.9 Å². The van der Waals surface area contributed by atoms with Crippen LogP contribution < -0.4 is 5.32 Å². The highest BCUT2D eigenvalue weighted by atomic mass is 16.5. The number of rotatable bonds is 3. The number of nitrogens with one attached hydrogen (secondary N) is 1. The van der Waals surface area contributed by atoms with E-state index in [-0.39, 0.29) is 23.4 Å².